The van der Waals surface area contributed by atoms with Gasteiger partial charge in [-0.3, -0.25) is 9.69 Å². The third kappa shape index (κ3) is 4.81. The van der Waals surface area contributed by atoms with Crippen LogP contribution < -0.4 is 10.5 Å². The van der Waals surface area contributed by atoms with E-state index in [1.165, 1.54) is 10.5 Å². The second-order valence-corrected chi connectivity index (χ2v) is 9.30. The van der Waals surface area contributed by atoms with Crippen LogP contribution in [-0.4, -0.2) is 23.9 Å². The highest BCUT2D eigenvalue weighted by Crippen LogP contribution is 2.32. The number of nitrogens with two attached hydrogens (primary N) is 1. The summed E-state index contributed by atoms with van der Waals surface area (Å²) in [6, 6.07) is 17.2. The molecule has 1 aromatic heterocycles. The minimum absolute atomic E-state index is 0.0669. The zero-order valence-corrected chi connectivity index (χ0v) is 19.8. The van der Waals surface area contributed by atoms with Gasteiger partial charge in [0.25, 0.3) is 5.91 Å². The number of benzene rings is 2. The minimum Gasteiger partial charge on any atom is -0.495 e. The molecule has 170 valence electrons. The van der Waals surface area contributed by atoms with Gasteiger partial charge >= 0.3 is 0 Å². The summed E-state index contributed by atoms with van der Waals surface area (Å²) in [5.74, 6) is 1.60. The summed E-state index contributed by atoms with van der Waals surface area (Å²) in [7, 11) is 1.56. The Balaban J connectivity index is 1.50. The summed E-state index contributed by atoms with van der Waals surface area (Å²) in [6.07, 6.45) is 1.59. The fraction of sp³-hybridized carbons (Fsp3) is 0.231. The normalized spacial score (nSPS) is 15.3. The molecule has 2 N–H and O–H groups in total. The molecule has 6 nitrogen and oxygen atoms in total. The zero-order chi connectivity index (χ0) is 23.8. The lowest BCUT2D eigenvalue weighted by Gasteiger charge is -2.20. The van der Waals surface area contributed by atoms with E-state index in [0.717, 1.165) is 11.1 Å². The van der Waals surface area contributed by atoms with Crippen molar-refractivity contribution in [1.29, 1.82) is 0 Å². The maximum atomic E-state index is 12.9. The van der Waals surface area contributed by atoms with Crippen molar-refractivity contribution in [3.63, 3.8) is 0 Å². The second kappa shape index (κ2) is 8.79. The van der Waals surface area contributed by atoms with Gasteiger partial charge in [0.05, 0.1) is 18.7 Å². The third-order valence-electron chi connectivity index (χ3n) is 5.48. The molecule has 3 aromatic rings. The van der Waals surface area contributed by atoms with Crippen molar-refractivity contribution in [2.75, 3.05) is 7.11 Å². The predicted molar refractivity (Wildman–Crippen MR) is 131 cm³/mol. The van der Waals surface area contributed by atoms with Crippen LogP contribution in [0.5, 0.6) is 5.75 Å². The molecule has 0 saturated heterocycles. The number of nitrogens with zero attached hydrogens (tertiary/aromatic N) is 2. The van der Waals surface area contributed by atoms with Crippen LogP contribution in [0.1, 0.15) is 37.7 Å². The molecule has 0 spiro atoms. The van der Waals surface area contributed by atoms with Crippen LogP contribution in [0.3, 0.4) is 0 Å². The Hall–Kier alpha value is -3.51. The monoisotopic (exact) mass is 463 g/mol. The largest absolute Gasteiger partial charge is 0.495 e. The lowest BCUT2D eigenvalue weighted by molar-refractivity contribution is -0.123. The maximum Gasteiger partial charge on any atom is 0.279 e. The van der Waals surface area contributed by atoms with Gasteiger partial charge in [-0.25, -0.2) is 4.99 Å². The number of carbonyl (C=O) groups is 1. The number of ether oxygens (including phenoxy) is 1. The Bertz CT molecular complexity index is 1250. The van der Waals surface area contributed by atoms with E-state index in [1.807, 2.05) is 24.3 Å². The molecule has 0 saturated carbocycles. The van der Waals surface area contributed by atoms with E-state index in [1.54, 1.807) is 31.4 Å². The van der Waals surface area contributed by atoms with Crippen LogP contribution in [0.15, 0.2) is 69.7 Å². The van der Waals surface area contributed by atoms with Crippen LogP contribution in [-0.2, 0) is 16.8 Å². The lowest BCUT2D eigenvalue weighted by Crippen LogP contribution is -2.36. The highest BCUT2D eigenvalue weighted by molar-refractivity contribution is 6.32. The van der Waals surface area contributed by atoms with E-state index in [0.29, 0.717) is 28.8 Å². The van der Waals surface area contributed by atoms with Gasteiger partial charge in [0.2, 0.25) is 5.96 Å². The fourth-order valence-corrected chi connectivity index (χ4v) is 3.81. The first-order chi connectivity index (χ1) is 15.7. The second-order valence-electron chi connectivity index (χ2n) is 8.89. The smallest absolute Gasteiger partial charge is 0.279 e. The molecule has 33 heavy (non-hydrogen) atoms. The third-order valence-corrected chi connectivity index (χ3v) is 5.77. The van der Waals surface area contributed by atoms with Crippen LogP contribution in [0.2, 0.25) is 5.02 Å². The number of halogens is 1. The molecule has 1 aliphatic rings. The molecule has 0 bridgehead atoms. The topological polar surface area (TPSA) is 81.1 Å². The zero-order valence-electron chi connectivity index (χ0n) is 19.1. The van der Waals surface area contributed by atoms with Crippen molar-refractivity contribution < 1.29 is 13.9 Å². The van der Waals surface area contributed by atoms with E-state index in [2.05, 4.69) is 37.9 Å². The van der Waals surface area contributed by atoms with Crippen molar-refractivity contribution in [2.45, 2.75) is 32.7 Å². The van der Waals surface area contributed by atoms with Gasteiger partial charge in [-0.15, -0.1) is 0 Å². The van der Waals surface area contributed by atoms with Gasteiger partial charge in [0, 0.05) is 11.6 Å². The van der Waals surface area contributed by atoms with E-state index < -0.39 is 0 Å². The number of hydrogen-bond acceptors (Lipinski definition) is 5. The summed E-state index contributed by atoms with van der Waals surface area (Å²) < 4.78 is 11.1. The predicted octanol–water partition coefficient (Wildman–Crippen LogP) is 5.60. The van der Waals surface area contributed by atoms with Crippen molar-refractivity contribution in [3.05, 3.63) is 82.2 Å². The van der Waals surface area contributed by atoms with E-state index in [4.69, 9.17) is 26.5 Å². The number of hydrogen-bond donors (Lipinski definition) is 1. The number of amides is 1. The van der Waals surface area contributed by atoms with Crippen molar-refractivity contribution in [2.24, 2.45) is 10.7 Å². The number of methoxy groups -OCH3 is 1. The molecule has 0 unspecified atom stereocenters. The molecular formula is C26H26ClN3O3. The minimum atomic E-state index is -0.266. The van der Waals surface area contributed by atoms with Crippen LogP contribution in [0.4, 0.5) is 0 Å². The summed E-state index contributed by atoms with van der Waals surface area (Å²) >= 11 is 6.21. The molecule has 0 fully saturated rings. The summed E-state index contributed by atoms with van der Waals surface area (Å²) in [6.45, 7) is 6.84. The molecule has 0 aliphatic carbocycles. The molecule has 1 amide bonds. The SMILES string of the molecule is COc1ccc(-c2ccc(/C=C3/N=C(N)N(Cc4ccc(C(C)(C)C)cc4)C3=O)o2)cc1Cl. The molecule has 4 rings (SSSR count). The van der Waals surface area contributed by atoms with Crippen LogP contribution in [0.25, 0.3) is 17.4 Å². The van der Waals surface area contributed by atoms with Crippen molar-refractivity contribution in [1.82, 2.24) is 4.90 Å². The first-order valence-electron chi connectivity index (χ1n) is 10.6. The van der Waals surface area contributed by atoms with Crippen LogP contribution >= 0.6 is 11.6 Å². The standard InChI is InChI=1S/C26H26ClN3O3/c1-26(2,3)18-8-5-16(6-9-18)15-30-24(31)21(29-25(30)28)14-19-10-12-22(33-19)17-7-11-23(32-4)20(27)13-17/h5-14H,15H2,1-4H3,(H2,28,29)/b21-14+. The molecule has 2 heterocycles. The summed E-state index contributed by atoms with van der Waals surface area (Å²) in [5.41, 5.74) is 9.36. The molecule has 0 radical (unpaired) electrons. The van der Waals surface area contributed by atoms with Crippen molar-refractivity contribution in [3.8, 4) is 17.1 Å². The highest BCUT2D eigenvalue weighted by Gasteiger charge is 2.29. The Morgan fingerprint density at radius 1 is 1.12 bits per heavy atom. The first-order valence-corrected chi connectivity index (χ1v) is 10.9. The Morgan fingerprint density at radius 3 is 2.48 bits per heavy atom. The average Bonchev–Trinajstić information content (AvgIpc) is 3.34. The number of furan rings is 1. The van der Waals surface area contributed by atoms with Gasteiger partial charge in [-0.1, -0.05) is 56.6 Å². The van der Waals surface area contributed by atoms with Gasteiger partial charge < -0.3 is 14.9 Å². The first kappa shape index (κ1) is 22.7. The highest BCUT2D eigenvalue weighted by atomic mass is 35.5. The molecular weight excluding hydrogens is 438 g/mol. The van der Waals surface area contributed by atoms with E-state index in [9.17, 15) is 4.79 Å². The Kier molecular flexibility index (Phi) is 6.04. The fourth-order valence-electron chi connectivity index (χ4n) is 3.55. The molecule has 1 aliphatic heterocycles. The van der Waals surface area contributed by atoms with Gasteiger partial charge in [0.1, 0.15) is 23.0 Å². The van der Waals surface area contributed by atoms with Crippen LogP contribution in [0, 0.1) is 0 Å². The summed E-state index contributed by atoms with van der Waals surface area (Å²) in [4.78, 5) is 18.6. The maximum absolute atomic E-state index is 12.9. The van der Waals surface area contributed by atoms with Crippen molar-refractivity contribution >= 4 is 29.5 Å². The number of guanidine groups is 1. The van der Waals surface area contributed by atoms with Gasteiger partial charge in [0.15, 0.2) is 0 Å². The average molecular weight is 464 g/mol. The van der Waals surface area contributed by atoms with E-state index in [-0.39, 0.29) is 23.0 Å². The number of rotatable bonds is 5. The molecule has 0 atom stereocenters. The molecule has 2 aromatic carbocycles. The Morgan fingerprint density at radius 2 is 1.85 bits per heavy atom. The lowest BCUT2D eigenvalue weighted by atomic mass is 9.87. The molecule has 7 heteroatoms. The Labute approximate surface area is 198 Å². The number of aliphatic imine (C=N–C) groups is 1. The van der Waals surface area contributed by atoms with E-state index >= 15 is 0 Å². The quantitative estimate of drug-likeness (QED) is 0.499. The van der Waals surface area contributed by atoms with Gasteiger partial charge in [-0.2, -0.15) is 0 Å². The van der Waals surface area contributed by atoms with Gasteiger partial charge in [-0.05, 0) is 46.9 Å². The summed E-state index contributed by atoms with van der Waals surface area (Å²) in [5, 5.41) is 0.487. The number of carbonyl (C=O) groups excluding carboxylic acids is 1.